The number of para-hydroxylation sites is 2. The van der Waals surface area contributed by atoms with Gasteiger partial charge in [-0.1, -0.05) is 42.5 Å². The topological polar surface area (TPSA) is 109 Å². The van der Waals surface area contributed by atoms with Gasteiger partial charge in [0.05, 0.1) is 21.8 Å². The second-order valence-electron chi connectivity index (χ2n) is 10.2. The summed E-state index contributed by atoms with van der Waals surface area (Å²) in [6, 6.07) is 23.9. The number of anilines is 3. The van der Waals surface area contributed by atoms with Crippen molar-refractivity contribution in [1.29, 1.82) is 0 Å². The van der Waals surface area contributed by atoms with E-state index in [2.05, 4.69) is 15.2 Å². The van der Waals surface area contributed by atoms with Crippen LogP contribution in [0.2, 0.25) is 0 Å². The molecule has 3 heterocycles. The van der Waals surface area contributed by atoms with Gasteiger partial charge in [-0.25, -0.2) is 13.4 Å². The van der Waals surface area contributed by atoms with E-state index in [9.17, 15) is 13.2 Å². The van der Waals surface area contributed by atoms with E-state index < -0.39 is 10.0 Å². The molecule has 0 radical (unpaired) electrons. The third kappa shape index (κ3) is 4.48. The van der Waals surface area contributed by atoms with Crippen molar-refractivity contribution in [3.8, 4) is 0 Å². The third-order valence-corrected chi connectivity index (χ3v) is 9.58. The predicted molar refractivity (Wildman–Crippen MR) is 150 cm³/mol. The van der Waals surface area contributed by atoms with Crippen molar-refractivity contribution in [3.63, 3.8) is 0 Å². The molecule has 1 aromatic heterocycles. The average molecular weight is 528 g/mol. The van der Waals surface area contributed by atoms with Gasteiger partial charge < -0.3 is 16.0 Å². The van der Waals surface area contributed by atoms with Crippen LogP contribution < -0.4 is 16.0 Å². The molecule has 1 spiro atoms. The maximum absolute atomic E-state index is 13.5. The lowest BCUT2D eigenvalue weighted by Crippen LogP contribution is -2.34. The average Bonchev–Trinajstić information content (AvgIpc) is 3.57. The Hall–Kier alpha value is -3.95. The van der Waals surface area contributed by atoms with Crippen molar-refractivity contribution in [2.75, 3.05) is 42.1 Å². The Morgan fingerprint density at radius 3 is 2.45 bits per heavy atom. The van der Waals surface area contributed by atoms with Crippen LogP contribution in [-0.4, -0.2) is 49.8 Å². The zero-order valence-electron chi connectivity index (χ0n) is 20.9. The first kappa shape index (κ1) is 24.4. The number of nitrogens with zero attached hydrogens (tertiary/aromatic N) is 3. The summed E-state index contributed by atoms with van der Waals surface area (Å²) in [6.45, 7) is 2.54. The number of benzene rings is 3. The van der Waals surface area contributed by atoms with E-state index in [-0.39, 0.29) is 11.3 Å². The molecule has 8 nitrogen and oxygen atoms in total. The van der Waals surface area contributed by atoms with Crippen LogP contribution in [0.15, 0.2) is 90.0 Å². The predicted octanol–water partition coefficient (Wildman–Crippen LogP) is 4.36. The Bertz CT molecular complexity index is 1620. The molecular weight excluding hydrogens is 498 g/mol. The minimum atomic E-state index is -3.57. The van der Waals surface area contributed by atoms with E-state index in [1.54, 1.807) is 40.8 Å². The lowest BCUT2D eigenvalue weighted by molar-refractivity contribution is 0.102. The largest absolute Gasteiger partial charge is 0.397 e. The van der Waals surface area contributed by atoms with Crippen LogP contribution in [0.1, 0.15) is 23.2 Å². The smallest absolute Gasteiger partial charge is 0.257 e. The summed E-state index contributed by atoms with van der Waals surface area (Å²) in [5.41, 5.74) is 7.33. The number of aromatic nitrogens is 1. The Labute approximate surface area is 222 Å². The highest BCUT2D eigenvalue weighted by Gasteiger charge is 2.47. The quantitative estimate of drug-likeness (QED) is 0.374. The summed E-state index contributed by atoms with van der Waals surface area (Å²) in [4.78, 5) is 19.7. The molecule has 9 heteroatoms. The number of nitrogen functional groups attached to an aromatic ring is 1. The van der Waals surface area contributed by atoms with Crippen molar-refractivity contribution in [2.24, 2.45) is 5.41 Å². The molecule has 0 bridgehead atoms. The van der Waals surface area contributed by atoms with Crippen LogP contribution in [0.3, 0.4) is 0 Å². The number of nitrogens with one attached hydrogen (secondary N) is 1. The van der Waals surface area contributed by atoms with Crippen LogP contribution in [0.5, 0.6) is 0 Å². The number of sulfonamides is 1. The zero-order chi connectivity index (χ0) is 26.3. The van der Waals surface area contributed by atoms with Gasteiger partial charge in [0.2, 0.25) is 10.0 Å². The van der Waals surface area contributed by atoms with E-state index in [0.29, 0.717) is 34.9 Å². The lowest BCUT2D eigenvalue weighted by Gasteiger charge is -2.25. The molecule has 38 heavy (non-hydrogen) atoms. The Kier molecular flexibility index (Phi) is 6.04. The Morgan fingerprint density at radius 2 is 1.66 bits per heavy atom. The van der Waals surface area contributed by atoms with E-state index in [0.717, 1.165) is 42.5 Å². The second kappa shape index (κ2) is 9.41. The number of hydrogen-bond donors (Lipinski definition) is 2. The molecule has 1 atom stereocenters. The third-order valence-electron chi connectivity index (χ3n) is 7.74. The maximum Gasteiger partial charge on any atom is 0.257 e. The molecule has 3 N–H and O–H groups in total. The first-order valence-corrected chi connectivity index (χ1v) is 14.1. The highest BCUT2D eigenvalue weighted by atomic mass is 32.2. The molecule has 3 aromatic carbocycles. The number of nitrogens with two attached hydrogens (primary N) is 1. The molecule has 4 aromatic rings. The molecule has 0 aliphatic carbocycles. The molecule has 2 fully saturated rings. The SMILES string of the molecule is Nc1ccccc1NC(=O)c1ccc(N2CCC3(CCN(S(=O)(=O)c4ccc5ccccc5c4)C3)C2)nc1. The first-order valence-electron chi connectivity index (χ1n) is 12.7. The summed E-state index contributed by atoms with van der Waals surface area (Å²) in [7, 11) is -3.57. The number of rotatable bonds is 5. The minimum Gasteiger partial charge on any atom is -0.397 e. The van der Waals surface area contributed by atoms with Crippen LogP contribution >= 0.6 is 0 Å². The number of hydrogen-bond acceptors (Lipinski definition) is 6. The van der Waals surface area contributed by atoms with Crippen molar-refractivity contribution >= 4 is 43.9 Å². The number of carbonyl (C=O) groups is 1. The molecule has 2 aliphatic rings. The molecule has 2 aliphatic heterocycles. The second-order valence-corrected chi connectivity index (χ2v) is 12.2. The van der Waals surface area contributed by atoms with Crippen molar-refractivity contribution < 1.29 is 13.2 Å². The molecule has 0 saturated carbocycles. The lowest BCUT2D eigenvalue weighted by atomic mass is 9.87. The summed E-state index contributed by atoms with van der Waals surface area (Å²) in [5.74, 6) is 0.513. The fourth-order valence-corrected chi connectivity index (χ4v) is 7.14. The van der Waals surface area contributed by atoms with Gasteiger partial charge in [-0.2, -0.15) is 4.31 Å². The standard InChI is InChI=1S/C29H29N5O3S/c30-25-7-3-4-8-26(25)32-28(35)23-10-12-27(31-18-23)33-15-13-29(19-33)14-16-34(20-29)38(36,37)24-11-9-21-5-1-2-6-22(21)17-24/h1-12,17-18H,13-16,19-20,30H2,(H,32,35). The molecule has 6 rings (SSSR count). The monoisotopic (exact) mass is 527 g/mol. The summed E-state index contributed by atoms with van der Waals surface area (Å²) in [5, 5.41) is 4.76. The van der Waals surface area contributed by atoms with Gasteiger partial charge in [-0.15, -0.1) is 0 Å². The Morgan fingerprint density at radius 1 is 0.895 bits per heavy atom. The fraction of sp³-hybridized carbons (Fsp3) is 0.241. The van der Waals surface area contributed by atoms with E-state index >= 15 is 0 Å². The summed E-state index contributed by atoms with van der Waals surface area (Å²) in [6.07, 6.45) is 3.28. The van der Waals surface area contributed by atoms with Gasteiger partial charge in [-0.3, -0.25) is 4.79 Å². The van der Waals surface area contributed by atoms with Crippen LogP contribution in [-0.2, 0) is 10.0 Å². The van der Waals surface area contributed by atoms with Crippen molar-refractivity contribution in [1.82, 2.24) is 9.29 Å². The van der Waals surface area contributed by atoms with E-state index in [4.69, 9.17) is 5.73 Å². The number of carbonyl (C=O) groups excluding carboxylic acids is 1. The van der Waals surface area contributed by atoms with Gasteiger partial charge in [0.25, 0.3) is 5.91 Å². The number of fused-ring (bicyclic) bond motifs is 1. The van der Waals surface area contributed by atoms with Gasteiger partial charge in [-0.05, 0) is 60.0 Å². The molecule has 1 amide bonds. The Balaban J connectivity index is 1.12. The minimum absolute atomic E-state index is 0.105. The van der Waals surface area contributed by atoms with Gasteiger partial charge in [0.1, 0.15) is 5.82 Å². The summed E-state index contributed by atoms with van der Waals surface area (Å²) >= 11 is 0. The molecule has 1 unspecified atom stereocenters. The van der Waals surface area contributed by atoms with Crippen molar-refractivity contribution in [2.45, 2.75) is 17.7 Å². The van der Waals surface area contributed by atoms with Crippen LogP contribution in [0, 0.1) is 5.41 Å². The van der Waals surface area contributed by atoms with Crippen LogP contribution in [0.4, 0.5) is 17.2 Å². The van der Waals surface area contributed by atoms with E-state index in [1.165, 1.54) is 0 Å². The first-order chi connectivity index (χ1) is 18.3. The van der Waals surface area contributed by atoms with Gasteiger partial charge in [0.15, 0.2) is 0 Å². The van der Waals surface area contributed by atoms with Gasteiger partial charge in [0, 0.05) is 37.8 Å². The molecule has 194 valence electrons. The maximum atomic E-state index is 13.5. The van der Waals surface area contributed by atoms with Crippen LogP contribution in [0.25, 0.3) is 10.8 Å². The van der Waals surface area contributed by atoms with Gasteiger partial charge >= 0.3 is 0 Å². The number of amides is 1. The molecular formula is C29H29N5O3S. The van der Waals surface area contributed by atoms with Crippen molar-refractivity contribution in [3.05, 3.63) is 90.6 Å². The highest BCUT2D eigenvalue weighted by Crippen LogP contribution is 2.42. The summed E-state index contributed by atoms with van der Waals surface area (Å²) < 4.78 is 28.6. The fourth-order valence-electron chi connectivity index (χ4n) is 5.55. The zero-order valence-corrected chi connectivity index (χ0v) is 21.7. The normalized spacial score (nSPS) is 19.8. The highest BCUT2D eigenvalue weighted by molar-refractivity contribution is 7.89. The van der Waals surface area contributed by atoms with E-state index in [1.807, 2.05) is 48.5 Å². The molecule has 2 saturated heterocycles. The number of pyridine rings is 1.